The molecule has 0 saturated carbocycles. The Balaban J connectivity index is 2.03. The molecule has 3 rings (SSSR count). The molecule has 6 heteroatoms. The van der Waals surface area contributed by atoms with E-state index in [0.29, 0.717) is 17.1 Å². The van der Waals surface area contributed by atoms with Crippen molar-refractivity contribution in [2.24, 2.45) is 0 Å². The first-order valence-electron chi connectivity index (χ1n) is 7.94. The fourth-order valence-electron chi connectivity index (χ4n) is 2.69. The van der Waals surface area contributed by atoms with Gasteiger partial charge in [-0.2, -0.15) is 0 Å². The van der Waals surface area contributed by atoms with Gasteiger partial charge >= 0.3 is 0 Å². The monoisotopic (exact) mass is 340 g/mol. The quantitative estimate of drug-likeness (QED) is 0.581. The molecule has 0 saturated heterocycles. The number of ether oxygens (including phenoxy) is 1. The number of aryl methyl sites for hydroxylation is 1. The third-order valence-corrected chi connectivity index (χ3v) is 3.89. The molecular formula is C19H20N2O4. The van der Waals surface area contributed by atoms with Crippen LogP contribution in [0.5, 0.6) is 5.75 Å². The number of aliphatic hydroxyl groups is 2. The SMILES string of the molecule is Cc1cccc(/C=C2/Oc3ccc(N)cc3N(CC(O)CO)C2=O)c1. The Kier molecular flexibility index (Phi) is 4.74. The second-order valence-electron chi connectivity index (χ2n) is 6.00. The number of amides is 1. The molecule has 25 heavy (non-hydrogen) atoms. The third kappa shape index (κ3) is 3.65. The van der Waals surface area contributed by atoms with Gasteiger partial charge in [-0.1, -0.05) is 29.8 Å². The van der Waals surface area contributed by atoms with Gasteiger partial charge in [-0.25, -0.2) is 0 Å². The number of nitrogens with two attached hydrogens (primary N) is 1. The first kappa shape index (κ1) is 17.0. The van der Waals surface area contributed by atoms with Gasteiger partial charge in [0, 0.05) is 5.69 Å². The van der Waals surface area contributed by atoms with Crippen LogP contribution in [0, 0.1) is 6.92 Å². The number of carbonyl (C=O) groups is 1. The van der Waals surface area contributed by atoms with Crippen LogP contribution >= 0.6 is 0 Å². The number of hydrogen-bond donors (Lipinski definition) is 3. The zero-order valence-electron chi connectivity index (χ0n) is 13.8. The van der Waals surface area contributed by atoms with Gasteiger partial charge in [0.1, 0.15) is 0 Å². The third-order valence-electron chi connectivity index (χ3n) is 3.89. The lowest BCUT2D eigenvalue weighted by Gasteiger charge is -2.31. The van der Waals surface area contributed by atoms with Crippen molar-refractivity contribution in [2.75, 3.05) is 23.8 Å². The molecule has 1 heterocycles. The molecule has 0 radical (unpaired) electrons. The maximum Gasteiger partial charge on any atom is 0.294 e. The van der Waals surface area contributed by atoms with Gasteiger partial charge in [-0.15, -0.1) is 0 Å². The number of aliphatic hydroxyl groups excluding tert-OH is 2. The second-order valence-corrected chi connectivity index (χ2v) is 6.00. The fraction of sp³-hybridized carbons (Fsp3) is 0.211. The minimum atomic E-state index is -1.06. The summed E-state index contributed by atoms with van der Waals surface area (Å²) in [6.45, 7) is 1.47. The number of nitrogen functional groups attached to an aromatic ring is 1. The Morgan fingerprint density at radius 2 is 2.08 bits per heavy atom. The van der Waals surface area contributed by atoms with Crippen LogP contribution in [0.25, 0.3) is 6.08 Å². The number of fused-ring (bicyclic) bond motifs is 1. The molecule has 1 aliphatic heterocycles. The van der Waals surface area contributed by atoms with E-state index in [2.05, 4.69) is 0 Å². The normalized spacial score (nSPS) is 16.5. The number of hydrogen-bond acceptors (Lipinski definition) is 5. The Hall–Kier alpha value is -2.83. The van der Waals surface area contributed by atoms with E-state index in [0.717, 1.165) is 11.1 Å². The molecule has 0 aliphatic carbocycles. The van der Waals surface area contributed by atoms with E-state index < -0.39 is 18.6 Å². The van der Waals surface area contributed by atoms with Crippen molar-refractivity contribution in [3.8, 4) is 5.75 Å². The minimum Gasteiger partial charge on any atom is -0.449 e. The van der Waals surface area contributed by atoms with Crippen LogP contribution in [0.2, 0.25) is 0 Å². The minimum absolute atomic E-state index is 0.0553. The van der Waals surface area contributed by atoms with E-state index in [1.54, 1.807) is 24.3 Å². The Bertz CT molecular complexity index is 832. The average Bonchev–Trinajstić information content (AvgIpc) is 2.59. The van der Waals surface area contributed by atoms with Gasteiger partial charge in [0.2, 0.25) is 0 Å². The van der Waals surface area contributed by atoms with Crippen LogP contribution in [0.4, 0.5) is 11.4 Å². The molecule has 130 valence electrons. The largest absolute Gasteiger partial charge is 0.449 e. The summed E-state index contributed by atoms with van der Waals surface area (Å²) in [5, 5.41) is 18.9. The highest BCUT2D eigenvalue weighted by Gasteiger charge is 2.31. The molecule has 2 aromatic rings. The summed E-state index contributed by atoms with van der Waals surface area (Å²) in [5.74, 6) is 0.220. The number of β-amino-alcohol motifs (C(OH)–C–C–N with tert-alkyl or cyclic N) is 1. The highest BCUT2D eigenvalue weighted by molar-refractivity contribution is 6.10. The topological polar surface area (TPSA) is 96.0 Å². The van der Waals surface area contributed by atoms with E-state index in [4.69, 9.17) is 15.6 Å². The molecule has 1 aliphatic rings. The van der Waals surface area contributed by atoms with Crippen molar-refractivity contribution >= 4 is 23.4 Å². The van der Waals surface area contributed by atoms with Crippen LogP contribution in [0.3, 0.4) is 0 Å². The van der Waals surface area contributed by atoms with Crippen LogP contribution in [0.15, 0.2) is 48.2 Å². The summed E-state index contributed by atoms with van der Waals surface area (Å²) in [4.78, 5) is 14.2. The summed E-state index contributed by atoms with van der Waals surface area (Å²) in [6, 6.07) is 12.7. The van der Waals surface area contributed by atoms with Gasteiger partial charge in [0.05, 0.1) is 24.9 Å². The van der Waals surface area contributed by atoms with Crippen molar-refractivity contribution < 1.29 is 19.7 Å². The molecular weight excluding hydrogens is 320 g/mol. The van der Waals surface area contributed by atoms with Gasteiger partial charge in [-0.05, 0) is 36.8 Å². The maximum atomic E-state index is 12.8. The number of nitrogens with zero attached hydrogens (tertiary/aromatic N) is 1. The van der Waals surface area contributed by atoms with Crippen molar-refractivity contribution in [1.29, 1.82) is 0 Å². The van der Waals surface area contributed by atoms with Crippen LogP contribution in [-0.4, -0.2) is 35.4 Å². The Morgan fingerprint density at radius 1 is 1.28 bits per heavy atom. The van der Waals surface area contributed by atoms with Crippen molar-refractivity contribution in [3.63, 3.8) is 0 Å². The molecule has 0 fully saturated rings. The highest BCUT2D eigenvalue weighted by atomic mass is 16.5. The first-order valence-corrected chi connectivity index (χ1v) is 7.94. The molecule has 1 amide bonds. The van der Waals surface area contributed by atoms with Crippen LogP contribution in [-0.2, 0) is 4.79 Å². The molecule has 0 bridgehead atoms. The summed E-state index contributed by atoms with van der Waals surface area (Å²) in [6.07, 6.45) is 0.601. The molecule has 0 spiro atoms. The number of anilines is 2. The number of rotatable bonds is 4. The van der Waals surface area contributed by atoms with Crippen molar-refractivity contribution in [3.05, 3.63) is 59.4 Å². The lowest BCUT2D eigenvalue weighted by atomic mass is 10.1. The standard InChI is InChI=1S/C19H20N2O4/c1-12-3-2-4-13(7-12)8-18-19(24)21(10-15(23)11-22)16-9-14(20)5-6-17(16)25-18/h2-9,15,22-23H,10-11,20H2,1H3/b18-8+. The van der Waals surface area contributed by atoms with Crippen molar-refractivity contribution in [2.45, 2.75) is 13.0 Å². The van der Waals surface area contributed by atoms with E-state index >= 15 is 0 Å². The smallest absolute Gasteiger partial charge is 0.294 e. The lowest BCUT2D eigenvalue weighted by Crippen LogP contribution is -2.43. The van der Waals surface area contributed by atoms with E-state index in [1.165, 1.54) is 4.90 Å². The predicted molar refractivity (Wildman–Crippen MR) is 96.1 cm³/mol. The van der Waals surface area contributed by atoms with Gasteiger partial charge in [0.15, 0.2) is 11.5 Å². The lowest BCUT2D eigenvalue weighted by molar-refractivity contribution is -0.118. The van der Waals surface area contributed by atoms with Crippen LogP contribution in [0.1, 0.15) is 11.1 Å². The molecule has 1 atom stereocenters. The van der Waals surface area contributed by atoms with E-state index in [9.17, 15) is 9.90 Å². The molecule has 1 unspecified atom stereocenters. The highest BCUT2D eigenvalue weighted by Crippen LogP contribution is 2.37. The van der Waals surface area contributed by atoms with Gasteiger partial charge in [0.25, 0.3) is 5.91 Å². The Labute approximate surface area is 145 Å². The van der Waals surface area contributed by atoms with Gasteiger partial charge < -0.3 is 20.7 Å². The van der Waals surface area contributed by atoms with Gasteiger partial charge in [-0.3, -0.25) is 9.69 Å². The molecule has 6 nitrogen and oxygen atoms in total. The van der Waals surface area contributed by atoms with E-state index in [1.807, 2.05) is 31.2 Å². The van der Waals surface area contributed by atoms with Crippen LogP contribution < -0.4 is 15.4 Å². The molecule has 2 aromatic carbocycles. The maximum absolute atomic E-state index is 12.8. The predicted octanol–water partition coefficient (Wildman–Crippen LogP) is 1.70. The average molecular weight is 340 g/mol. The zero-order chi connectivity index (χ0) is 18.0. The zero-order valence-corrected chi connectivity index (χ0v) is 13.8. The first-order chi connectivity index (χ1) is 12.0. The molecule has 0 aromatic heterocycles. The summed E-state index contributed by atoms with van der Waals surface area (Å²) < 4.78 is 5.76. The Morgan fingerprint density at radius 3 is 2.80 bits per heavy atom. The summed E-state index contributed by atoms with van der Waals surface area (Å²) >= 11 is 0. The summed E-state index contributed by atoms with van der Waals surface area (Å²) in [5.41, 5.74) is 8.66. The second kappa shape index (κ2) is 6.96. The van der Waals surface area contributed by atoms with E-state index in [-0.39, 0.29) is 12.3 Å². The number of benzene rings is 2. The summed E-state index contributed by atoms with van der Waals surface area (Å²) in [7, 11) is 0. The molecule has 4 N–H and O–H groups in total. The number of carbonyl (C=O) groups excluding carboxylic acids is 1. The van der Waals surface area contributed by atoms with Crippen molar-refractivity contribution in [1.82, 2.24) is 0 Å². The fourth-order valence-corrected chi connectivity index (χ4v) is 2.69.